The molecule has 0 amide bonds. The summed E-state index contributed by atoms with van der Waals surface area (Å²) >= 11 is 5.70. The zero-order chi connectivity index (χ0) is 17.9. The molecule has 0 aliphatic rings. The minimum atomic E-state index is -1.07. The van der Waals surface area contributed by atoms with Crippen LogP contribution in [0.4, 0.5) is 5.69 Å². The third kappa shape index (κ3) is 3.97. The van der Waals surface area contributed by atoms with Crippen molar-refractivity contribution in [3.8, 4) is 0 Å². The average molecular weight is 348 g/mol. The number of esters is 1. The van der Waals surface area contributed by atoms with Crippen molar-refractivity contribution in [1.82, 2.24) is 0 Å². The fraction of sp³-hybridized carbons (Fsp3) is 0.176. The predicted octanol–water partition coefficient (Wildman–Crippen LogP) is 3.98. The summed E-state index contributed by atoms with van der Waals surface area (Å²) in [6.07, 6.45) is -1.07. The van der Waals surface area contributed by atoms with Gasteiger partial charge in [-0.2, -0.15) is 0 Å². The Morgan fingerprint density at radius 1 is 1.17 bits per heavy atom. The predicted molar refractivity (Wildman–Crippen MR) is 88.5 cm³/mol. The Kier molecular flexibility index (Phi) is 5.31. The summed E-state index contributed by atoms with van der Waals surface area (Å²) in [4.78, 5) is 34.7. The Bertz CT molecular complexity index is 801. The van der Waals surface area contributed by atoms with Crippen LogP contribution in [0.5, 0.6) is 0 Å². The molecule has 6 nitrogen and oxygen atoms in total. The highest BCUT2D eigenvalue weighted by Gasteiger charge is 2.26. The Hall–Kier alpha value is -2.73. The third-order valence-corrected chi connectivity index (χ3v) is 3.60. The fourth-order valence-electron chi connectivity index (χ4n) is 2.06. The van der Waals surface area contributed by atoms with Gasteiger partial charge in [0.05, 0.1) is 4.92 Å². The van der Waals surface area contributed by atoms with Gasteiger partial charge in [-0.15, -0.1) is 0 Å². The van der Waals surface area contributed by atoms with Gasteiger partial charge < -0.3 is 4.74 Å². The van der Waals surface area contributed by atoms with Gasteiger partial charge in [0, 0.05) is 16.7 Å². The molecule has 0 saturated heterocycles. The molecule has 24 heavy (non-hydrogen) atoms. The number of ether oxygens (including phenoxy) is 1. The molecular formula is C17H14ClNO5. The summed E-state index contributed by atoms with van der Waals surface area (Å²) in [5.74, 6) is -1.34. The van der Waals surface area contributed by atoms with E-state index in [0.29, 0.717) is 5.56 Å². The number of ketones is 1. The average Bonchev–Trinajstić information content (AvgIpc) is 2.54. The number of hydrogen-bond donors (Lipinski definition) is 0. The Balaban J connectivity index is 2.18. The number of nitro benzene ring substituents is 1. The maximum Gasteiger partial charge on any atom is 0.345 e. The van der Waals surface area contributed by atoms with Gasteiger partial charge in [-0.05, 0) is 26.0 Å². The maximum absolute atomic E-state index is 12.3. The summed E-state index contributed by atoms with van der Waals surface area (Å²) < 4.78 is 5.08. The second kappa shape index (κ2) is 7.23. The first kappa shape index (κ1) is 17.6. The number of nitro groups is 1. The molecule has 0 N–H and O–H groups in total. The van der Waals surface area contributed by atoms with Crippen molar-refractivity contribution in [2.24, 2.45) is 0 Å². The molecule has 0 aliphatic carbocycles. The standard InChI is InChI=1S/C17H14ClNO5/c1-10-3-5-12(6-4-10)16(20)11(2)24-17(21)14-8-7-13(18)9-15(14)19(22)23/h3-9,11H,1-2H3. The van der Waals surface area contributed by atoms with Crippen LogP contribution >= 0.6 is 11.6 Å². The first-order valence-electron chi connectivity index (χ1n) is 7.05. The van der Waals surface area contributed by atoms with E-state index in [1.807, 2.05) is 6.92 Å². The van der Waals surface area contributed by atoms with Gasteiger partial charge >= 0.3 is 5.97 Å². The van der Waals surface area contributed by atoms with Crippen LogP contribution in [0.1, 0.15) is 33.2 Å². The monoisotopic (exact) mass is 347 g/mol. The second-order valence-electron chi connectivity index (χ2n) is 5.20. The number of carbonyl (C=O) groups excluding carboxylic acids is 2. The zero-order valence-electron chi connectivity index (χ0n) is 13.0. The number of hydrogen-bond acceptors (Lipinski definition) is 5. The highest BCUT2D eigenvalue weighted by molar-refractivity contribution is 6.31. The van der Waals surface area contributed by atoms with Crippen molar-refractivity contribution < 1.29 is 19.2 Å². The minimum Gasteiger partial charge on any atom is -0.450 e. The molecule has 2 aromatic rings. The number of rotatable bonds is 5. The van der Waals surface area contributed by atoms with Crippen molar-refractivity contribution in [3.05, 3.63) is 74.3 Å². The van der Waals surface area contributed by atoms with Crippen molar-refractivity contribution in [2.75, 3.05) is 0 Å². The molecule has 0 bridgehead atoms. The Morgan fingerprint density at radius 3 is 2.38 bits per heavy atom. The Labute approximate surface area is 143 Å². The number of nitrogens with zero attached hydrogens (tertiary/aromatic N) is 1. The van der Waals surface area contributed by atoms with Gasteiger partial charge in [-0.1, -0.05) is 41.4 Å². The molecular weight excluding hydrogens is 334 g/mol. The van der Waals surface area contributed by atoms with Gasteiger partial charge in [0.25, 0.3) is 5.69 Å². The Morgan fingerprint density at radius 2 is 1.79 bits per heavy atom. The molecule has 0 radical (unpaired) electrons. The molecule has 0 fully saturated rings. The number of carbonyl (C=O) groups is 2. The molecule has 2 rings (SSSR count). The van der Waals surface area contributed by atoms with E-state index in [0.717, 1.165) is 11.6 Å². The van der Waals surface area contributed by atoms with Gasteiger partial charge in [0.1, 0.15) is 5.56 Å². The van der Waals surface area contributed by atoms with Crippen molar-refractivity contribution in [3.63, 3.8) is 0 Å². The molecule has 1 unspecified atom stereocenters. The summed E-state index contributed by atoms with van der Waals surface area (Å²) in [5, 5.41) is 11.2. The highest BCUT2D eigenvalue weighted by atomic mass is 35.5. The van der Waals surface area contributed by atoms with E-state index in [-0.39, 0.29) is 16.4 Å². The third-order valence-electron chi connectivity index (χ3n) is 3.37. The number of benzene rings is 2. The molecule has 2 aromatic carbocycles. The normalized spacial score (nSPS) is 11.6. The van der Waals surface area contributed by atoms with Crippen LogP contribution in [0, 0.1) is 17.0 Å². The van der Waals surface area contributed by atoms with E-state index in [9.17, 15) is 19.7 Å². The first-order valence-corrected chi connectivity index (χ1v) is 7.43. The molecule has 0 aromatic heterocycles. The first-order chi connectivity index (χ1) is 11.3. The second-order valence-corrected chi connectivity index (χ2v) is 5.63. The molecule has 0 spiro atoms. The van der Waals surface area contributed by atoms with E-state index in [4.69, 9.17) is 16.3 Å². The molecule has 0 saturated carbocycles. The summed E-state index contributed by atoms with van der Waals surface area (Å²) in [7, 11) is 0. The highest BCUT2D eigenvalue weighted by Crippen LogP contribution is 2.24. The largest absolute Gasteiger partial charge is 0.450 e. The molecule has 1 atom stereocenters. The maximum atomic E-state index is 12.3. The SMILES string of the molecule is Cc1ccc(C(=O)C(C)OC(=O)c2ccc(Cl)cc2[N+](=O)[O-])cc1. The summed E-state index contributed by atoms with van der Waals surface area (Å²) in [5.41, 5.74) is 0.662. The molecule has 0 heterocycles. The molecule has 0 aliphatic heterocycles. The molecule has 124 valence electrons. The van der Waals surface area contributed by atoms with Crippen molar-refractivity contribution in [2.45, 2.75) is 20.0 Å². The van der Waals surface area contributed by atoms with Crippen LogP contribution in [0.3, 0.4) is 0 Å². The summed E-state index contributed by atoms with van der Waals surface area (Å²) in [6, 6.07) is 10.4. The smallest absolute Gasteiger partial charge is 0.345 e. The fourth-order valence-corrected chi connectivity index (χ4v) is 2.22. The molecule has 7 heteroatoms. The quantitative estimate of drug-likeness (QED) is 0.353. The van der Waals surface area contributed by atoms with E-state index in [2.05, 4.69) is 0 Å². The van der Waals surface area contributed by atoms with Crippen molar-refractivity contribution >= 4 is 29.0 Å². The van der Waals surface area contributed by atoms with Crippen LogP contribution < -0.4 is 0 Å². The van der Waals surface area contributed by atoms with Crippen LogP contribution in [0.15, 0.2) is 42.5 Å². The van der Waals surface area contributed by atoms with E-state index in [1.165, 1.54) is 19.1 Å². The lowest BCUT2D eigenvalue weighted by molar-refractivity contribution is -0.385. The van der Waals surface area contributed by atoms with Gasteiger partial charge in [0.15, 0.2) is 6.10 Å². The topological polar surface area (TPSA) is 86.5 Å². The minimum absolute atomic E-state index is 0.127. The number of Topliss-reactive ketones (excluding diaryl/α,β-unsaturated/α-hetero) is 1. The van der Waals surface area contributed by atoms with E-state index < -0.39 is 22.7 Å². The van der Waals surface area contributed by atoms with Crippen LogP contribution in [0.25, 0.3) is 0 Å². The number of aryl methyl sites for hydroxylation is 1. The van der Waals surface area contributed by atoms with Gasteiger partial charge in [0.2, 0.25) is 5.78 Å². The van der Waals surface area contributed by atoms with Gasteiger partial charge in [-0.25, -0.2) is 4.79 Å². The lowest BCUT2D eigenvalue weighted by atomic mass is 10.1. The lowest BCUT2D eigenvalue weighted by Crippen LogP contribution is -2.24. The van der Waals surface area contributed by atoms with Crippen LogP contribution in [-0.2, 0) is 4.74 Å². The van der Waals surface area contributed by atoms with Crippen LogP contribution in [-0.4, -0.2) is 22.8 Å². The summed E-state index contributed by atoms with van der Waals surface area (Å²) in [6.45, 7) is 3.30. The number of halogens is 1. The van der Waals surface area contributed by atoms with Gasteiger partial charge in [-0.3, -0.25) is 14.9 Å². The van der Waals surface area contributed by atoms with Crippen LogP contribution in [0.2, 0.25) is 5.02 Å². The van der Waals surface area contributed by atoms with E-state index >= 15 is 0 Å². The zero-order valence-corrected chi connectivity index (χ0v) is 13.7. The van der Waals surface area contributed by atoms with Crippen molar-refractivity contribution in [1.29, 1.82) is 0 Å². The lowest BCUT2D eigenvalue weighted by Gasteiger charge is -2.12. The van der Waals surface area contributed by atoms with E-state index in [1.54, 1.807) is 24.3 Å².